The lowest BCUT2D eigenvalue weighted by Crippen LogP contribution is -2.67. The van der Waals surface area contributed by atoms with E-state index in [-0.39, 0.29) is 42.2 Å². The summed E-state index contributed by atoms with van der Waals surface area (Å²) in [6.07, 6.45) is 3.47. The van der Waals surface area contributed by atoms with E-state index in [2.05, 4.69) is 29.3 Å². The standard InChI is InChI=1S/C28H26N4O4S/c33-22-11-12-31-25(26(22)34)28(36)30(19-13-29(14-19)27(35)17-9-10-17)16-32(31)24-20-6-2-1-5-18(20)15-37-23-8-4-3-7-21(23)24/h1-8,11-12,17,19,24,34H,9-10,13-16H2/t24-/m0/s1. The zero-order valence-electron chi connectivity index (χ0n) is 20.1. The summed E-state index contributed by atoms with van der Waals surface area (Å²) in [4.78, 5) is 43.4. The van der Waals surface area contributed by atoms with Gasteiger partial charge in [0.15, 0.2) is 11.4 Å². The van der Waals surface area contributed by atoms with Crippen molar-refractivity contribution in [3.8, 4) is 5.75 Å². The van der Waals surface area contributed by atoms with Gasteiger partial charge in [-0.1, -0.05) is 42.5 Å². The van der Waals surface area contributed by atoms with Gasteiger partial charge in [0.1, 0.15) is 6.67 Å². The van der Waals surface area contributed by atoms with Gasteiger partial charge < -0.3 is 14.9 Å². The van der Waals surface area contributed by atoms with Crippen LogP contribution in [0.1, 0.15) is 46.1 Å². The Morgan fingerprint density at radius 1 is 0.946 bits per heavy atom. The van der Waals surface area contributed by atoms with Gasteiger partial charge in [-0.2, -0.15) is 0 Å². The van der Waals surface area contributed by atoms with Crippen molar-refractivity contribution in [2.24, 2.45) is 5.92 Å². The molecule has 3 aliphatic heterocycles. The number of amides is 2. The van der Waals surface area contributed by atoms with Gasteiger partial charge in [0, 0.05) is 41.9 Å². The number of pyridine rings is 1. The highest BCUT2D eigenvalue weighted by Crippen LogP contribution is 2.43. The van der Waals surface area contributed by atoms with Crippen LogP contribution < -0.4 is 10.4 Å². The number of fused-ring (bicyclic) bond motifs is 3. The number of carbonyl (C=O) groups is 2. The third kappa shape index (κ3) is 3.55. The van der Waals surface area contributed by atoms with Gasteiger partial charge in [0.05, 0.1) is 12.1 Å². The van der Waals surface area contributed by atoms with Crippen LogP contribution in [0.25, 0.3) is 0 Å². The molecular weight excluding hydrogens is 488 g/mol. The van der Waals surface area contributed by atoms with Gasteiger partial charge in [-0.15, -0.1) is 11.8 Å². The smallest absolute Gasteiger partial charge is 0.278 e. The van der Waals surface area contributed by atoms with Crippen molar-refractivity contribution >= 4 is 23.6 Å². The Morgan fingerprint density at radius 3 is 2.46 bits per heavy atom. The summed E-state index contributed by atoms with van der Waals surface area (Å²) in [7, 11) is 0. The number of thioether (sulfide) groups is 1. The predicted octanol–water partition coefficient (Wildman–Crippen LogP) is 2.92. The number of nitrogens with zero attached hydrogens (tertiary/aromatic N) is 4. The fourth-order valence-corrected chi connectivity index (χ4v) is 6.77. The van der Waals surface area contributed by atoms with E-state index in [0.717, 1.165) is 34.6 Å². The molecule has 188 valence electrons. The van der Waals surface area contributed by atoms with Crippen LogP contribution in [0.2, 0.25) is 0 Å². The molecular formula is C28H26N4O4S. The van der Waals surface area contributed by atoms with E-state index in [4.69, 9.17) is 0 Å². The van der Waals surface area contributed by atoms with Crippen molar-refractivity contribution < 1.29 is 14.7 Å². The number of carbonyl (C=O) groups excluding carboxylic acids is 2. The quantitative estimate of drug-likeness (QED) is 0.579. The third-order valence-corrected chi connectivity index (χ3v) is 9.02. The van der Waals surface area contributed by atoms with Crippen molar-refractivity contribution in [1.82, 2.24) is 14.5 Å². The average Bonchev–Trinajstić information content (AvgIpc) is 3.73. The summed E-state index contributed by atoms with van der Waals surface area (Å²) < 4.78 is 1.65. The molecule has 1 aliphatic carbocycles. The minimum absolute atomic E-state index is 0.0300. The van der Waals surface area contributed by atoms with Crippen molar-refractivity contribution in [1.29, 1.82) is 0 Å². The second kappa shape index (κ2) is 8.41. The number of rotatable bonds is 3. The number of likely N-dealkylation sites (tertiary alicyclic amines) is 1. The molecule has 1 saturated carbocycles. The van der Waals surface area contributed by atoms with E-state index in [0.29, 0.717) is 13.1 Å². The second-order valence-corrected chi connectivity index (χ2v) is 11.2. The number of aromatic hydroxyl groups is 1. The Labute approximate surface area is 218 Å². The SMILES string of the molecule is O=C(C1CC1)N1CC(N2CN([C@H]3c4ccccc4CSc4ccccc43)n3ccc(=O)c(O)c3C2=O)C1. The van der Waals surface area contributed by atoms with Crippen LogP contribution in [0, 0.1) is 5.92 Å². The molecule has 2 fully saturated rings. The minimum Gasteiger partial charge on any atom is -0.502 e. The first-order valence-electron chi connectivity index (χ1n) is 12.6. The van der Waals surface area contributed by atoms with E-state index in [1.807, 2.05) is 29.2 Å². The zero-order chi connectivity index (χ0) is 25.3. The number of benzene rings is 2. The molecule has 2 amide bonds. The van der Waals surface area contributed by atoms with E-state index >= 15 is 0 Å². The van der Waals surface area contributed by atoms with E-state index in [1.165, 1.54) is 11.6 Å². The molecule has 0 radical (unpaired) electrons. The third-order valence-electron chi connectivity index (χ3n) is 7.88. The predicted molar refractivity (Wildman–Crippen MR) is 139 cm³/mol. The summed E-state index contributed by atoms with van der Waals surface area (Å²) in [6, 6.07) is 17.5. The lowest BCUT2D eigenvalue weighted by atomic mass is 9.94. The molecule has 2 aromatic carbocycles. The molecule has 3 aromatic rings. The maximum Gasteiger partial charge on any atom is 0.278 e. The molecule has 4 heterocycles. The van der Waals surface area contributed by atoms with Gasteiger partial charge in [-0.3, -0.25) is 24.1 Å². The van der Waals surface area contributed by atoms with Gasteiger partial charge in [-0.25, -0.2) is 0 Å². The van der Waals surface area contributed by atoms with Crippen molar-refractivity contribution in [2.45, 2.75) is 35.6 Å². The first-order chi connectivity index (χ1) is 18.0. The summed E-state index contributed by atoms with van der Waals surface area (Å²) >= 11 is 1.78. The van der Waals surface area contributed by atoms with Crippen LogP contribution in [0.4, 0.5) is 0 Å². The number of aromatic nitrogens is 1. The second-order valence-electron chi connectivity index (χ2n) is 10.2. The van der Waals surface area contributed by atoms with Crippen LogP contribution >= 0.6 is 11.8 Å². The summed E-state index contributed by atoms with van der Waals surface area (Å²) in [5.74, 6) is 0.190. The lowest BCUT2D eigenvalue weighted by molar-refractivity contribution is -0.139. The Balaban J connectivity index is 1.34. The van der Waals surface area contributed by atoms with Gasteiger partial charge in [0.2, 0.25) is 11.3 Å². The summed E-state index contributed by atoms with van der Waals surface area (Å²) in [5.41, 5.74) is 2.82. The normalized spacial score (nSPS) is 21.0. The van der Waals surface area contributed by atoms with Crippen molar-refractivity contribution in [3.05, 3.63) is 93.4 Å². The molecule has 4 aliphatic rings. The first kappa shape index (κ1) is 22.5. The minimum atomic E-state index is -0.585. The molecule has 1 saturated heterocycles. The van der Waals surface area contributed by atoms with Crippen LogP contribution in [0.15, 0.2) is 70.5 Å². The number of hydrogen-bond donors (Lipinski definition) is 1. The molecule has 1 atom stereocenters. The Kier molecular flexibility index (Phi) is 5.11. The van der Waals surface area contributed by atoms with Crippen molar-refractivity contribution in [3.63, 3.8) is 0 Å². The van der Waals surface area contributed by atoms with Crippen molar-refractivity contribution in [2.75, 3.05) is 24.8 Å². The molecule has 9 heteroatoms. The summed E-state index contributed by atoms with van der Waals surface area (Å²) in [6.45, 7) is 1.21. The first-order valence-corrected chi connectivity index (χ1v) is 13.6. The molecule has 0 unspecified atom stereocenters. The Bertz CT molecular complexity index is 1450. The van der Waals surface area contributed by atoms with Crippen LogP contribution in [-0.4, -0.2) is 57.2 Å². The fraction of sp³-hybridized carbons (Fsp3) is 0.321. The maximum atomic E-state index is 13.7. The zero-order valence-corrected chi connectivity index (χ0v) is 20.9. The molecule has 0 spiro atoms. The van der Waals surface area contributed by atoms with E-state index in [1.54, 1.807) is 27.5 Å². The van der Waals surface area contributed by atoms with Crippen LogP contribution in [0.5, 0.6) is 5.75 Å². The van der Waals surface area contributed by atoms with E-state index < -0.39 is 11.2 Å². The summed E-state index contributed by atoms with van der Waals surface area (Å²) in [5, 5.41) is 12.9. The highest BCUT2D eigenvalue weighted by molar-refractivity contribution is 7.98. The number of hydrogen-bond acceptors (Lipinski definition) is 6. The Morgan fingerprint density at radius 2 is 1.68 bits per heavy atom. The topological polar surface area (TPSA) is 86.1 Å². The van der Waals surface area contributed by atoms with Gasteiger partial charge >= 0.3 is 0 Å². The molecule has 0 bridgehead atoms. The fourth-order valence-electron chi connectivity index (χ4n) is 5.68. The molecule has 7 rings (SSSR count). The molecule has 1 aromatic heterocycles. The molecule has 37 heavy (non-hydrogen) atoms. The average molecular weight is 515 g/mol. The lowest BCUT2D eigenvalue weighted by Gasteiger charge is -2.51. The Hall–Kier alpha value is -3.72. The highest BCUT2D eigenvalue weighted by atomic mass is 32.2. The molecule has 1 N–H and O–H groups in total. The van der Waals surface area contributed by atoms with Crippen LogP contribution in [0.3, 0.4) is 0 Å². The highest BCUT2D eigenvalue weighted by Gasteiger charge is 2.46. The van der Waals surface area contributed by atoms with Crippen LogP contribution in [-0.2, 0) is 10.5 Å². The van der Waals surface area contributed by atoms with E-state index in [9.17, 15) is 19.5 Å². The maximum absolute atomic E-state index is 13.7. The van der Waals surface area contributed by atoms with Gasteiger partial charge in [-0.05, 0) is 35.6 Å². The largest absolute Gasteiger partial charge is 0.502 e. The monoisotopic (exact) mass is 514 g/mol. The molecule has 8 nitrogen and oxygen atoms in total. The van der Waals surface area contributed by atoms with Gasteiger partial charge in [0.25, 0.3) is 5.91 Å².